The zero-order chi connectivity index (χ0) is 31.4. The van der Waals surface area contributed by atoms with Gasteiger partial charge >= 0.3 is 6.18 Å². The number of nitrogens with zero attached hydrogens (tertiary/aromatic N) is 5. The molecule has 2 N–H and O–H groups in total. The number of β-amino-alcohol motifs (C(OH)–C–C–N with tert-alkyl or cyclic N) is 1. The van der Waals surface area contributed by atoms with Crippen LogP contribution in [-0.2, 0) is 25.7 Å². The first kappa shape index (κ1) is 32.4. The predicted molar refractivity (Wildman–Crippen MR) is 168 cm³/mol. The zero-order valence-electron chi connectivity index (χ0n) is 25.5. The van der Waals surface area contributed by atoms with Gasteiger partial charge in [-0.25, -0.2) is 4.39 Å². The molecule has 45 heavy (non-hydrogen) atoms. The number of likely N-dealkylation sites (tertiary alicyclic amines) is 2. The lowest BCUT2D eigenvalue weighted by Gasteiger charge is -2.33. The van der Waals surface area contributed by atoms with Gasteiger partial charge in [-0.2, -0.15) is 18.3 Å². The quantitative estimate of drug-likeness (QED) is 0.227. The van der Waals surface area contributed by atoms with Gasteiger partial charge in [-0.1, -0.05) is 6.07 Å². The van der Waals surface area contributed by atoms with Crippen molar-refractivity contribution in [3.05, 3.63) is 65.1 Å². The number of benzene rings is 1. The van der Waals surface area contributed by atoms with Crippen LogP contribution in [0.1, 0.15) is 54.0 Å². The molecule has 2 saturated heterocycles. The van der Waals surface area contributed by atoms with E-state index in [0.717, 1.165) is 50.2 Å². The van der Waals surface area contributed by atoms with E-state index in [1.165, 1.54) is 29.5 Å². The molecule has 5 heterocycles. The highest BCUT2D eigenvalue weighted by molar-refractivity contribution is 7.99. The second kappa shape index (κ2) is 14.5. The van der Waals surface area contributed by atoms with Gasteiger partial charge in [0.25, 0.3) is 0 Å². The predicted octanol–water partition coefficient (Wildman–Crippen LogP) is 5.38. The number of rotatable bonds is 10. The molecule has 0 amide bonds. The van der Waals surface area contributed by atoms with Crippen molar-refractivity contribution in [1.82, 2.24) is 29.9 Å². The van der Waals surface area contributed by atoms with Gasteiger partial charge in [0.15, 0.2) is 0 Å². The summed E-state index contributed by atoms with van der Waals surface area (Å²) in [6.07, 6.45) is 1.59. The van der Waals surface area contributed by atoms with Crippen LogP contribution in [-0.4, -0.2) is 93.5 Å². The minimum absolute atomic E-state index is 0.183. The monoisotopic (exact) mass is 646 g/mol. The molecule has 0 radical (unpaired) electrons. The maximum absolute atomic E-state index is 14.0. The zero-order valence-corrected chi connectivity index (χ0v) is 26.3. The van der Waals surface area contributed by atoms with E-state index in [2.05, 4.69) is 32.2 Å². The van der Waals surface area contributed by atoms with Crippen molar-refractivity contribution in [2.45, 2.75) is 74.5 Å². The Labute approximate surface area is 266 Å². The molecule has 2 aromatic heterocycles. The highest BCUT2D eigenvalue weighted by Crippen LogP contribution is 2.40. The van der Waals surface area contributed by atoms with Crippen LogP contribution in [0.2, 0.25) is 0 Å². The summed E-state index contributed by atoms with van der Waals surface area (Å²) in [7, 11) is 0. The van der Waals surface area contributed by atoms with Crippen molar-refractivity contribution in [2.24, 2.45) is 0 Å². The molecule has 1 aromatic carbocycles. The molecule has 3 aromatic rings. The number of aliphatic hydroxyl groups is 1. The van der Waals surface area contributed by atoms with Gasteiger partial charge in [0.1, 0.15) is 6.17 Å². The number of aromatic nitrogens is 3. The molecule has 0 aliphatic carbocycles. The number of thioether (sulfide) groups is 1. The molecule has 7 nitrogen and oxygen atoms in total. The minimum atomic E-state index is -4.47. The fourth-order valence-electron chi connectivity index (χ4n) is 6.88. The van der Waals surface area contributed by atoms with Gasteiger partial charge in [0.05, 0.1) is 23.9 Å². The van der Waals surface area contributed by atoms with Crippen molar-refractivity contribution >= 4 is 11.8 Å². The Bertz CT molecular complexity index is 1400. The number of hydrogen-bond donors (Lipinski definition) is 2. The van der Waals surface area contributed by atoms with Crippen LogP contribution in [0.25, 0.3) is 11.3 Å². The highest BCUT2D eigenvalue weighted by Gasteiger charge is 2.34. The molecule has 6 rings (SSSR count). The number of pyridine rings is 1. The van der Waals surface area contributed by atoms with E-state index in [0.29, 0.717) is 75.0 Å². The van der Waals surface area contributed by atoms with E-state index in [1.54, 1.807) is 6.07 Å². The Balaban J connectivity index is 1.14. The number of hydrogen-bond acceptors (Lipinski definition) is 7. The van der Waals surface area contributed by atoms with E-state index in [9.17, 15) is 22.7 Å². The summed E-state index contributed by atoms with van der Waals surface area (Å²) in [6.45, 7) is 5.97. The lowest BCUT2D eigenvalue weighted by atomic mass is 9.90. The van der Waals surface area contributed by atoms with Crippen LogP contribution in [0.4, 0.5) is 17.6 Å². The van der Waals surface area contributed by atoms with Gasteiger partial charge in [-0.15, -0.1) is 11.8 Å². The Morgan fingerprint density at radius 1 is 0.978 bits per heavy atom. The van der Waals surface area contributed by atoms with Gasteiger partial charge in [0, 0.05) is 85.6 Å². The van der Waals surface area contributed by atoms with Crippen molar-refractivity contribution in [3.63, 3.8) is 0 Å². The van der Waals surface area contributed by atoms with Crippen molar-refractivity contribution in [2.75, 3.05) is 51.6 Å². The standard InChI is InChI=1S/C33H42F4N6OS/c34-26-8-15-41(16-9-26)17-18-45-31-19-25(1-2-29(31)33(35,36)37)32-28-20-39-12-5-30(28)43(40-32)22-27(44)21-42-13-6-24(7-14-42)23-3-10-38-11-4-23/h1-4,10-11,19,24,26-27,39,44H,5-9,12-18,20-22H2/t27-/m0/s1. The number of fused-ring (bicyclic) bond motifs is 1. The van der Waals surface area contributed by atoms with Crippen LogP contribution in [0.15, 0.2) is 47.6 Å². The molecule has 12 heteroatoms. The largest absolute Gasteiger partial charge is 0.417 e. The lowest BCUT2D eigenvalue weighted by molar-refractivity contribution is -0.139. The normalized spacial score (nSPS) is 19.9. The Morgan fingerprint density at radius 3 is 2.44 bits per heavy atom. The van der Waals surface area contributed by atoms with E-state index in [1.807, 2.05) is 17.1 Å². The number of aliphatic hydroxyl groups excluding tert-OH is 1. The van der Waals surface area contributed by atoms with Crippen LogP contribution in [0, 0.1) is 0 Å². The molecular weight excluding hydrogens is 604 g/mol. The van der Waals surface area contributed by atoms with Crippen molar-refractivity contribution < 1.29 is 22.7 Å². The molecule has 0 spiro atoms. The summed E-state index contributed by atoms with van der Waals surface area (Å²) in [5.41, 5.74) is 4.00. The second-order valence-corrected chi connectivity index (χ2v) is 13.6. The third-order valence-corrected chi connectivity index (χ3v) is 10.4. The Hall–Kier alpha value is -2.51. The molecule has 2 fully saturated rings. The van der Waals surface area contributed by atoms with E-state index < -0.39 is 24.0 Å². The average Bonchev–Trinajstić information content (AvgIpc) is 3.40. The third-order valence-electron chi connectivity index (χ3n) is 9.37. The maximum Gasteiger partial charge on any atom is 0.417 e. The smallest absolute Gasteiger partial charge is 0.390 e. The Kier molecular flexibility index (Phi) is 10.5. The SMILES string of the molecule is O[C@@H](CN1CCC(c2ccncc2)CC1)Cn1nc(-c2ccc(C(F)(F)F)c(SCCN3CCC(F)CC3)c2)c2c1CCNC2. The van der Waals surface area contributed by atoms with Crippen LogP contribution in [0.3, 0.4) is 0 Å². The van der Waals surface area contributed by atoms with Gasteiger partial charge in [-0.05, 0) is 74.5 Å². The molecule has 0 saturated carbocycles. The summed E-state index contributed by atoms with van der Waals surface area (Å²) in [4.78, 5) is 8.73. The number of piperidine rings is 2. The molecule has 0 bridgehead atoms. The molecule has 1 atom stereocenters. The lowest BCUT2D eigenvalue weighted by Crippen LogP contribution is -2.40. The van der Waals surface area contributed by atoms with E-state index in [-0.39, 0.29) is 4.90 Å². The number of nitrogens with one attached hydrogen (secondary N) is 1. The summed E-state index contributed by atoms with van der Waals surface area (Å²) in [5.74, 6) is 0.999. The second-order valence-electron chi connectivity index (χ2n) is 12.5. The van der Waals surface area contributed by atoms with Crippen LogP contribution < -0.4 is 5.32 Å². The molecular formula is C33H42F4N6OS. The summed E-state index contributed by atoms with van der Waals surface area (Å²) >= 11 is 1.20. The fourth-order valence-corrected chi connectivity index (χ4v) is 7.99. The fraction of sp³-hybridized carbons (Fsp3) is 0.576. The highest BCUT2D eigenvalue weighted by atomic mass is 32.2. The van der Waals surface area contributed by atoms with E-state index >= 15 is 0 Å². The molecule has 3 aliphatic heterocycles. The molecule has 3 aliphatic rings. The third kappa shape index (κ3) is 8.08. The van der Waals surface area contributed by atoms with Gasteiger partial charge in [-0.3, -0.25) is 9.67 Å². The Morgan fingerprint density at radius 2 is 1.71 bits per heavy atom. The minimum Gasteiger partial charge on any atom is -0.390 e. The average molecular weight is 647 g/mol. The number of alkyl halides is 4. The van der Waals surface area contributed by atoms with Gasteiger partial charge < -0.3 is 20.2 Å². The van der Waals surface area contributed by atoms with E-state index in [4.69, 9.17) is 5.10 Å². The maximum atomic E-state index is 14.0. The summed E-state index contributed by atoms with van der Waals surface area (Å²) in [5, 5.41) is 19.4. The van der Waals surface area contributed by atoms with Gasteiger partial charge in [0.2, 0.25) is 0 Å². The van der Waals surface area contributed by atoms with Crippen molar-refractivity contribution in [1.29, 1.82) is 0 Å². The summed E-state index contributed by atoms with van der Waals surface area (Å²) < 4.78 is 57.4. The molecule has 244 valence electrons. The first-order valence-corrected chi connectivity index (χ1v) is 17.0. The van der Waals surface area contributed by atoms with Crippen molar-refractivity contribution in [3.8, 4) is 11.3 Å². The number of halogens is 4. The van der Waals surface area contributed by atoms with Crippen LogP contribution >= 0.6 is 11.8 Å². The first-order chi connectivity index (χ1) is 21.7. The first-order valence-electron chi connectivity index (χ1n) is 16.0. The molecule has 0 unspecified atom stereocenters. The van der Waals surface area contributed by atoms with Crippen LogP contribution in [0.5, 0.6) is 0 Å². The summed E-state index contributed by atoms with van der Waals surface area (Å²) in [6, 6.07) is 8.47. The topological polar surface area (TPSA) is 69.5 Å².